The maximum atomic E-state index is 12.6. The molecule has 2 amide bonds. The first kappa shape index (κ1) is 14.8. The quantitative estimate of drug-likeness (QED) is 0.862. The van der Waals surface area contributed by atoms with Gasteiger partial charge < -0.3 is 10.1 Å². The first-order valence-corrected chi connectivity index (χ1v) is 8.43. The molecule has 1 spiro atoms. The van der Waals surface area contributed by atoms with Crippen molar-refractivity contribution in [2.45, 2.75) is 82.5 Å². The summed E-state index contributed by atoms with van der Waals surface area (Å²) >= 11 is 0. The van der Waals surface area contributed by atoms with Crippen molar-refractivity contribution in [1.82, 2.24) is 10.2 Å². The molecule has 0 radical (unpaired) electrons. The summed E-state index contributed by atoms with van der Waals surface area (Å²) in [5, 5.41) is 3.03. The third-order valence-corrected chi connectivity index (χ3v) is 4.85. The van der Waals surface area contributed by atoms with Crippen LogP contribution in [0.3, 0.4) is 0 Å². The highest BCUT2D eigenvalue weighted by Gasteiger charge is 2.52. The van der Waals surface area contributed by atoms with Gasteiger partial charge in [-0.15, -0.1) is 0 Å². The van der Waals surface area contributed by atoms with Gasteiger partial charge in [0.05, 0.1) is 6.61 Å². The molecule has 1 aliphatic heterocycles. The normalized spacial score (nSPS) is 27.9. The van der Waals surface area contributed by atoms with Crippen LogP contribution in [0.1, 0.15) is 64.7 Å². The first-order valence-electron chi connectivity index (χ1n) is 8.43. The van der Waals surface area contributed by atoms with E-state index in [2.05, 4.69) is 5.32 Å². The SMILES string of the molecule is CCCC(=O)N1C(C(=O)NC2CC2)COC12CCCCC2. The smallest absolute Gasteiger partial charge is 0.245 e. The summed E-state index contributed by atoms with van der Waals surface area (Å²) in [7, 11) is 0. The molecule has 1 unspecified atom stereocenters. The molecule has 0 bridgehead atoms. The molecule has 5 nitrogen and oxygen atoms in total. The molecule has 0 aromatic carbocycles. The van der Waals surface area contributed by atoms with Crippen molar-refractivity contribution < 1.29 is 14.3 Å². The van der Waals surface area contributed by atoms with E-state index in [0.717, 1.165) is 44.9 Å². The number of carbonyl (C=O) groups excluding carboxylic acids is 2. The van der Waals surface area contributed by atoms with E-state index in [1.807, 2.05) is 6.92 Å². The number of ether oxygens (including phenoxy) is 1. The zero-order valence-electron chi connectivity index (χ0n) is 12.9. The molecule has 21 heavy (non-hydrogen) atoms. The fourth-order valence-corrected chi connectivity index (χ4v) is 3.60. The fourth-order valence-electron chi connectivity index (χ4n) is 3.60. The van der Waals surface area contributed by atoms with Gasteiger partial charge in [0.25, 0.3) is 0 Å². The Balaban J connectivity index is 1.78. The van der Waals surface area contributed by atoms with Crippen molar-refractivity contribution in [2.75, 3.05) is 6.61 Å². The van der Waals surface area contributed by atoms with Crippen LogP contribution >= 0.6 is 0 Å². The predicted molar refractivity (Wildman–Crippen MR) is 78.5 cm³/mol. The second-order valence-electron chi connectivity index (χ2n) is 6.63. The molecule has 2 saturated carbocycles. The predicted octanol–water partition coefficient (Wildman–Crippen LogP) is 1.95. The topological polar surface area (TPSA) is 58.6 Å². The Kier molecular flexibility index (Phi) is 4.20. The standard InChI is InChI=1S/C16H26N2O3/c1-2-6-14(19)18-13(15(20)17-12-7-8-12)11-21-16(18)9-4-3-5-10-16/h12-13H,2-11H2,1H3,(H,17,20). The molecule has 1 heterocycles. The summed E-state index contributed by atoms with van der Waals surface area (Å²) in [5.74, 6) is 0.0530. The van der Waals surface area contributed by atoms with E-state index >= 15 is 0 Å². The van der Waals surface area contributed by atoms with E-state index in [1.165, 1.54) is 6.42 Å². The lowest BCUT2D eigenvalue weighted by atomic mass is 9.90. The molecular weight excluding hydrogens is 268 g/mol. The molecular formula is C16H26N2O3. The summed E-state index contributed by atoms with van der Waals surface area (Å²) in [6, 6.07) is -0.105. The van der Waals surface area contributed by atoms with Crippen molar-refractivity contribution in [1.29, 1.82) is 0 Å². The molecule has 3 aliphatic rings. The molecule has 5 heteroatoms. The molecule has 1 atom stereocenters. The van der Waals surface area contributed by atoms with Gasteiger partial charge in [-0.25, -0.2) is 0 Å². The van der Waals surface area contributed by atoms with Crippen LogP contribution < -0.4 is 5.32 Å². The Morgan fingerprint density at radius 2 is 1.95 bits per heavy atom. The van der Waals surface area contributed by atoms with Crippen molar-refractivity contribution in [3.05, 3.63) is 0 Å². The number of nitrogens with zero attached hydrogens (tertiary/aromatic N) is 1. The van der Waals surface area contributed by atoms with Crippen LogP contribution in [0.2, 0.25) is 0 Å². The largest absolute Gasteiger partial charge is 0.353 e. The van der Waals surface area contributed by atoms with Crippen LogP contribution in [0, 0.1) is 0 Å². The van der Waals surface area contributed by atoms with Crippen molar-refractivity contribution in [3.63, 3.8) is 0 Å². The zero-order valence-corrected chi connectivity index (χ0v) is 12.9. The van der Waals surface area contributed by atoms with E-state index in [0.29, 0.717) is 19.1 Å². The summed E-state index contributed by atoms with van der Waals surface area (Å²) in [4.78, 5) is 26.9. The number of carbonyl (C=O) groups is 2. The zero-order chi connectivity index (χ0) is 14.9. The van der Waals surface area contributed by atoms with Gasteiger partial charge >= 0.3 is 0 Å². The summed E-state index contributed by atoms with van der Waals surface area (Å²) in [5.41, 5.74) is -0.504. The number of hydrogen-bond donors (Lipinski definition) is 1. The third kappa shape index (κ3) is 2.93. The minimum Gasteiger partial charge on any atom is -0.353 e. The van der Waals surface area contributed by atoms with Gasteiger partial charge in [0.15, 0.2) is 0 Å². The van der Waals surface area contributed by atoms with Crippen LogP contribution in [-0.4, -0.2) is 41.1 Å². The second-order valence-corrected chi connectivity index (χ2v) is 6.63. The molecule has 3 rings (SSSR count). The Hall–Kier alpha value is -1.10. The first-order chi connectivity index (χ1) is 10.2. The minimum absolute atomic E-state index is 0.0237. The lowest BCUT2D eigenvalue weighted by Crippen LogP contribution is -2.56. The Bertz CT molecular complexity index is 414. The van der Waals surface area contributed by atoms with Gasteiger partial charge in [-0.2, -0.15) is 0 Å². The van der Waals surface area contributed by atoms with Gasteiger partial charge in [0.2, 0.25) is 11.8 Å². The monoisotopic (exact) mass is 294 g/mol. The third-order valence-electron chi connectivity index (χ3n) is 4.85. The summed E-state index contributed by atoms with van der Waals surface area (Å²) in [6.07, 6.45) is 8.52. The van der Waals surface area contributed by atoms with Gasteiger partial charge in [0.1, 0.15) is 11.8 Å². The number of amides is 2. The molecule has 3 fully saturated rings. The number of hydrogen-bond acceptors (Lipinski definition) is 3. The van der Waals surface area contributed by atoms with Crippen LogP contribution in [0.25, 0.3) is 0 Å². The Labute approximate surface area is 126 Å². The molecule has 118 valence electrons. The van der Waals surface area contributed by atoms with Crippen LogP contribution in [0.15, 0.2) is 0 Å². The highest BCUT2D eigenvalue weighted by molar-refractivity contribution is 5.89. The molecule has 0 aromatic heterocycles. The van der Waals surface area contributed by atoms with Crippen molar-refractivity contribution in [2.24, 2.45) is 0 Å². The Morgan fingerprint density at radius 3 is 2.57 bits per heavy atom. The van der Waals surface area contributed by atoms with E-state index in [1.54, 1.807) is 4.90 Å². The van der Waals surface area contributed by atoms with Gasteiger partial charge in [-0.05, 0) is 44.9 Å². The highest BCUT2D eigenvalue weighted by atomic mass is 16.5. The molecule has 0 aromatic rings. The van der Waals surface area contributed by atoms with Crippen molar-refractivity contribution >= 4 is 11.8 Å². The lowest BCUT2D eigenvalue weighted by molar-refractivity contribution is -0.160. The summed E-state index contributed by atoms with van der Waals surface area (Å²) < 4.78 is 6.04. The van der Waals surface area contributed by atoms with E-state index in [-0.39, 0.29) is 11.8 Å². The van der Waals surface area contributed by atoms with E-state index in [9.17, 15) is 9.59 Å². The van der Waals surface area contributed by atoms with E-state index < -0.39 is 11.8 Å². The summed E-state index contributed by atoms with van der Waals surface area (Å²) in [6.45, 7) is 2.36. The van der Waals surface area contributed by atoms with Crippen LogP contribution in [-0.2, 0) is 14.3 Å². The lowest BCUT2D eigenvalue weighted by Gasteiger charge is -2.41. The van der Waals surface area contributed by atoms with Crippen LogP contribution in [0.4, 0.5) is 0 Å². The molecule has 1 N–H and O–H groups in total. The second kappa shape index (κ2) is 5.95. The van der Waals surface area contributed by atoms with Crippen molar-refractivity contribution in [3.8, 4) is 0 Å². The number of nitrogens with one attached hydrogen (secondary N) is 1. The maximum absolute atomic E-state index is 12.6. The van der Waals surface area contributed by atoms with Gasteiger partial charge in [-0.1, -0.05) is 13.3 Å². The average Bonchev–Trinajstić information content (AvgIpc) is 3.21. The van der Waals surface area contributed by atoms with Gasteiger partial charge in [0, 0.05) is 12.5 Å². The molecule has 1 saturated heterocycles. The van der Waals surface area contributed by atoms with Gasteiger partial charge in [-0.3, -0.25) is 14.5 Å². The highest BCUT2D eigenvalue weighted by Crippen LogP contribution is 2.41. The number of rotatable bonds is 4. The average molecular weight is 294 g/mol. The van der Waals surface area contributed by atoms with E-state index in [4.69, 9.17) is 4.74 Å². The Morgan fingerprint density at radius 1 is 1.24 bits per heavy atom. The maximum Gasteiger partial charge on any atom is 0.245 e. The molecule has 2 aliphatic carbocycles. The fraction of sp³-hybridized carbons (Fsp3) is 0.875. The van der Waals surface area contributed by atoms with Crippen LogP contribution in [0.5, 0.6) is 0 Å². The minimum atomic E-state index is -0.504.